The van der Waals surface area contributed by atoms with Gasteiger partial charge in [0.1, 0.15) is 11.6 Å². The van der Waals surface area contributed by atoms with E-state index < -0.39 is 5.92 Å². The van der Waals surface area contributed by atoms with Crippen molar-refractivity contribution in [2.24, 2.45) is 5.73 Å². The first-order valence-electron chi connectivity index (χ1n) is 10.7. The Morgan fingerprint density at radius 1 is 1.21 bits per heavy atom. The lowest BCUT2D eigenvalue weighted by molar-refractivity contribution is 0.147. The van der Waals surface area contributed by atoms with Crippen molar-refractivity contribution < 1.29 is 4.74 Å². The molecule has 1 aliphatic heterocycles. The minimum Gasteiger partial charge on any atom is -0.424 e. The maximum absolute atomic E-state index is 10.0. The molecule has 166 valence electrons. The van der Waals surface area contributed by atoms with E-state index in [9.17, 15) is 5.26 Å². The number of benzene rings is 1. The fourth-order valence-electron chi connectivity index (χ4n) is 3.81. The lowest BCUT2D eigenvalue weighted by Crippen LogP contribution is -2.33. The van der Waals surface area contributed by atoms with Crippen LogP contribution < -0.4 is 5.73 Å². The highest BCUT2D eigenvalue weighted by Gasteiger charge is 2.36. The van der Waals surface area contributed by atoms with E-state index in [1.54, 1.807) is 18.7 Å². The Morgan fingerprint density at radius 3 is 2.55 bits per heavy atom. The van der Waals surface area contributed by atoms with Crippen LogP contribution in [0.4, 0.5) is 0 Å². The van der Waals surface area contributed by atoms with Gasteiger partial charge in [0.15, 0.2) is 0 Å². The molecule has 1 unspecified atom stereocenters. The minimum absolute atomic E-state index is 0.0984. The molecular formula is C26H26N6O. The van der Waals surface area contributed by atoms with Gasteiger partial charge in [-0.2, -0.15) is 5.26 Å². The summed E-state index contributed by atoms with van der Waals surface area (Å²) in [4.78, 5) is 10.6. The van der Waals surface area contributed by atoms with Gasteiger partial charge in [-0.15, -0.1) is 0 Å². The molecule has 0 bridgehead atoms. The van der Waals surface area contributed by atoms with Gasteiger partial charge in [-0.25, -0.2) is 4.98 Å². The second kappa shape index (κ2) is 9.05. The Morgan fingerprint density at radius 2 is 1.97 bits per heavy atom. The topological polar surface area (TPSA) is 93.0 Å². The van der Waals surface area contributed by atoms with Crippen molar-refractivity contribution in [2.75, 3.05) is 7.05 Å². The summed E-state index contributed by atoms with van der Waals surface area (Å²) in [5.74, 6) is 0.216. The van der Waals surface area contributed by atoms with Crippen LogP contribution in [0, 0.1) is 11.3 Å². The van der Waals surface area contributed by atoms with Gasteiger partial charge in [0.2, 0.25) is 11.8 Å². The number of aromatic nitrogens is 3. The molecule has 0 aliphatic carbocycles. The number of nitrogens with two attached hydrogens (primary N) is 1. The summed E-state index contributed by atoms with van der Waals surface area (Å²) in [5.41, 5.74) is 10.7. The van der Waals surface area contributed by atoms with Crippen LogP contribution in [0.3, 0.4) is 0 Å². The normalized spacial score (nSPS) is 15.9. The van der Waals surface area contributed by atoms with Crippen molar-refractivity contribution in [2.45, 2.75) is 25.8 Å². The largest absolute Gasteiger partial charge is 0.424 e. The zero-order chi connectivity index (χ0) is 23.5. The third-order valence-electron chi connectivity index (χ3n) is 5.82. The van der Waals surface area contributed by atoms with Crippen LogP contribution in [0.2, 0.25) is 0 Å². The van der Waals surface area contributed by atoms with E-state index in [1.165, 1.54) is 0 Å². The van der Waals surface area contributed by atoms with Crippen LogP contribution in [-0.2, 0) is 4.74 Å². The maximum Gasteiger partial charge on any atom is 0.207 e. The van der Waals surface area contributed by atoms with Crippen molar-refractivity contribution in [3.05, 3.63) is 108 Å². The molecule has 0 saturated carbocycles. The summed E-state index contributed by atoms with van der Waals surface area (Å²) in [7, 11) is 1.94. The van der Waals surface area contributed by atoms with Crippen molar-refractivity contribution >= 4 is 5.57 Å². The monoisotopic (exact) mass is 438 g/mol. The van der Waals surface area contributed by atoms with E-state index in [1.807, 2.05) is 65.2 Å². The molecule has 7 nitrogen and oxygen atoms in total. The Hall–Kier alpha value is -4.31. The van der Waals surface area contributed by atoms with Gasteiger partial charge in [-0.1, -0.05) is 24.8 Å². The zero-order valence-electron chi connectivity index (χ0n) is 18.9. The smallest absolute Gasteiger partial charge is 0.207 e. The second-order valence-electron chi connectivity index (χ2n) is 8.10. The molecule has 33 heavy (non-hydrogen) atoms. The molecule has 0 spiro atoms. The van der Waals surface area contributed by atoms with Crippen LogP contribution in [0.25, 0.3) is 11.3 Å². The highest BCUT2D eigenvalue weighted by molar-refractivity contribution is 5.80. The number of nitrogens with zero attached hydrogens (tertiary/aromatic N) is 5. The summed E-state index contributed by atoms with van der Waals surface area (Å²) >= 11 is 0. The third kappa shape index (κ3) is 4.11. The zero-order valence-corrected chi connectivity index (χ0v) is 18.9. The Bertz CT molecular complexity index is 1250. The van der Waals surface area contributed by atoms with Crippen molar-refractivity contribution in [3.8, 4) is 11.8 Å². The average molecular weight is 439 g/mol. The number of hydrogen-bond acceptors (Lipinski definition) is 6. The summed E-state index contributed by atoms with van der Waals surface area (Å²) in [6.45, 7) is 8.48. The molecule has 0 fully saturated rings. The van der Waals surface area contributed by atoms with E-state index in [0.717, 1.165) is 16.8 Å². The number of nitriles is 1. The van der Waals surface area contributed by atoms with Crippen LogP contribution in [-0.4, -0.2) is 32.5 Å². The quantitative estimate of drug-likeness (QED) is 0.615. The third-order valence-corrected chi connectivity index (χ3v) is 5.82. The first-order chi connectivity index (χ1) is 15.9. The van der Waals surface area contributed by atoms with Crippen LogP contribution in [0.1, 0.15) is 31.0 Å². The van der Waals surface area contributed by atoms with Gasteiger partial charge in [0.25, 0.3) is 0 Å². The average Bonchev–Trinajstić information content (AvgIpc) is 3.38. The molecule has 3 aromatic rings. The lowest BCUT2D eigenvalue weighted by Gasteiger charge is -2.35. The highest BCUT2D eigenvalue weighted by atomic mass is 16.5. The van der Waals surface area contributed by atoms with E-state index in [-0.39, 0.29) is 11.9 Å². The Labute approximate surface area is 193 Å². The molecule has 1 aliphatic rings. The summed E-state index contributed by atoms with van der Waals surface area (Å²) in [6.07, 6.45) is 7.08. The SMILES string of the molecule is C=C(C1=C(N(C)C(C)C)OC(N)=C(C#N)C1c1ccc(-n2ccnc2)cc1)c1ccccn1. The van der Waals surface area contributed by atoms with Gasteiger partial charge in [-0.3, -0.25) is 4.98 Å². The second-order valence-corrected chi connectivity index (χ2v) is 8.10. The fraction of sp³-hybridized carbons (Fsp3) is 0.192. The van der Waals surface area contributed by atoms with Gasteiger partial charge in [0.05, 0.1) is 17.9 Å². The lowest BCUT2D eigenvalue weighted by atomic mass is 9.80. The first-order valence-corrected chi connectivity index (χ1v) is 10.7. The molecule has 0 saturated heterocycles. The molecule has 7 heteroatoms. The molecule has 2 N–H and O–H groups in total. The van der Waals surface area contributed by atoms with E-state index >= 15 is 0 Å². The number of allylic oxidation sites excluding steroid dienone is 3. The molecule has 4 rings (SSSR count). The number of pyridine rings is 1. The summed E-state index contributed by atoms with van der Waals surface area (Å²) in [5, 5.41) is 10.0. The molecule has 3 heterocycles. The number of ether oxygens (including phenoxy) is 1. The number of rotatable bonds is 6. The predicted molar refractivity (Wildman–Crippen MR) is 127 cm³/mol. The van der Waals surface area contributed by atoms with E-state index in [4.69, 9.17) is 10.5 Å². The fourth-order valence-corrected chi connectivity index (χ4v) is 3.81. The molecular weight excluding hydrogens is 412 g/mol. The standard InChI is InChI=1S/C26H26N6O/c1-17(2)31(4)26-23(18(3)22-7-5-6-12-30-22)24(21(15-27)25(28)33-26)19-8-10-20(11-9-19)32-14-13-29-16-32/h5-14,16-17,24H,3,28H2,1-2,4H3. The molecule has 2 aromatic heterocycles. The first kappa shape index (κ1) is 21.9. The molecule has 1 aromatic carbocycles. The van der Waals surface area contributed by atoms with Gasteiger partial charge in [-0.05, 0) is 43.7 Å². The minimum atomic E-state index is -0.453. The number of imidazole rings is 1. The van der Waals surface area contributed by atoms with E-state index in [2.05, 4.69) is 36.5 Å². The Kier molecular flexibility index (Phi) is 6.01. The number of hydrogen-bond donors (Lipinski definition) is 1. The molecule has 0 radical (unpaired) electrons. The van der Waals surface area contributed by atoms with Crippen molar-refractivity contribution in [1.82, 2.24) is 19.4 Å². The van der Waals surface area contributed by atoms with E-state index in [0.29, 0.717) is 22.7 Å². The van der Waals surface area contributed by atoms with Gasteiger partial charge in [0, 0.05) is 48.5 Å². The predicted octanol–water partition coefficient (Wildman–Crippen LogP) is 4.34. The molecule has 0 amide bonds. The van der Waals surface area contributed by atoms with Gasteiger partial charge < -0.3 is 19.9 Å². The summed E-state index contributed by atoms with van der Waals surface area (Å²) in [6, 6.07) is 16.0. The van der Waals surface area contributed by atoms with Crippen LogP contribution >= 0.6 is 0 Å². The van der Waals surface area contributed by atoms with Crippen LogP contribution in [0.15, 0.2) is 96.9 Å². The molecule has 1 atom stereocenters. The summed E-state index contributed by atoms with van der Waals surface area (Å²) < 4.78 is 7.96. The maximum atomic E-state index is 10.0. The Balaban J connectivity index is 1.90. The van der Waals surface area contributed by atoms with Crippen LogP contribution in [0.5, 0.6) is 0 Å². The van der Waals surface area contributed by atoms with Crippen molar-refractivity contribution in [1.29, 1.82) is 5.26 Å². The highest BCUT2D eigenvalue weighted by Crippen LogP contribution is 2.45. The van der Waals surface area contributed by atoms with Crippen molar-refractivity contribution in [3.63, 3.8) is 0 Å². The van der Waals surface area contributed by atoms with Gasteiger partial charge >= 0.3 is 0 Å².